The number of carboxylic acid groups (broad SMARTS) is 1. The fourth-order valence-corrected chi connectivity index (χ4v) is 7.85. The number of aliphatic hydroxyl groups is 2. The number of hydrogen-bond acceptors (Lipinski definition) is 13. The molecule has 0 aromatic carbocycles. The molecule has 6 aliphatic carbocycles. The van der Waals surface area contributed by atoms with Crippen molar-refractivity contribution in [2.24, 2.45) is 23.5 Å². The van der Waals surface area contributed by atoms with Crippen molar-refractivity contribution in [3.05, 3.63) is 44.6 Å². The van der Waals surface area contributed by atoms with Gasteiger partial charge in [-0.3, -0.25) is 0 Å². The Bertz CT molecular complexity index is 877. The van der Waals surface area contributed by atoms with E-state index in [0.29, 0.717) is 32.3 Å². The molecular weight excluding hydrogens is 1040 g/mol. The molecule has 0 unspecified atom stereocenters. The van der Waals surface area contributed by atoms with Gasteiger partial charge in [-0.05, 0) is 57.3 Å². The van der Waals surface area contributed by atoms with Crippen LogP contribution in [0.15, 0.2) is 0 Å². The van der Waals surface area contributed by atoms with Gasteiger partial charge in [-0.1, -0.05) is 135 Å². The number of hydrogen-bond donors (Lipinski definition) is 3. The number of aliphatic carboxylic acids is 1. The maximum Gasteiger partial charge on any atom is 2.00 e. The molecule has 0 aromatic heterocycles. The first-order valence-electron chi connectivity index (χ1n) is 23.9. The monoisotopic (exact) mass is 1150 g/mol. The molecule has 0 aromatic rings. The molecule has 0 spiro atoms. The van der Waals surface area contributed by atoms with E-state index in [0.717, 1.165) is 64.9 Å². The predicted octanol–water partition coefficient (Wildman–Crippen LogP) is 6.96. The minimum Gasteiger partial charge on any atom is -0.550 e. The summed E-state index contributed by atoms with van der Waals surface area (Å²) in [6, 6.07) is 0. The van der Waals surface area contributed by atoms with E-state index in [1.54, 1.807) is 0 Å². The van der Waals surface area contributed by atoms with E-state index in [1.807, 2.05) is 0 Å². The van der Waals surface area contributed by atoms with Crippen LogP contribution in [0.25, 0.3) is 0 Å². The van der Waals surface area contributed by atoms with Gasteiger partial charge >= 0.3 is 92.7 Å². The van der Waals surface area contributed by atoms with Gasteiger partial charge in [-0.2, -0.15) is 0 Å². The van der Waals surface area contributed by atoms with Crippen molar-refractivity contribution in [3.63, 3.8) is 0 Å². The molecule has 0 aliphatic heterocycles. The molecule has 71 heavy (non-hydrogen) atoms. The van der Waals surface area contributed by atoms with Crippen molar-refractivity contribution in [1.29, 1.82) is 0 Å². The number of carbonyl (C=O) groups is 4. The quantitative estimate of drug-likeness (QED) is 0.0404. The number of carbonyl (C=O) groups excluding carboxylic acids is 4. The minimum absolute atomic E-state index is 0. The summed E-state index contributed by atoms with van der Waals surface area (Å²) < 4.78 is 10.2. The standard InChI is InChI=1S/C16H31NO2.C6H10O.3C5H10.C4H11NO2.C4H6O4.C2H4O2.6CH3.B.3Fe.Na/c18-10-12-19-11-9-17(13-15-5-1-2-6-15)14-16-7-3-4-8-16;7-5-6-3-1-2-4-6;3*1-2-4-5-3-1;5-1-3-7-4-2-6;1-3(5)7-8-4(2)6;1-2(3)4;;;;;;;;;;;/h15-16,18H,1-14H2;5-6H,1-4H2;3*1-5H2;6H,1-5H2;1-2H3;1H3,(H,3,4);6*1H3;;;;;/q;;;;;;;;6*-1;;3*+2;+1/p-1. The largest absolute Gasteiger partial charge is 2.00 e. The minimum atomic E-state index is -1.08. The van der Waals surface area contributed by atoms with Crippen molar-refractivity contribution in [1.82, 2.24) is 4.90 Å². The van der Waals surface area contributed by atoms with Crippen LogP contribution < -0.4 is 40.4 Å². The Morgan fingerprint density at radius 2 is 0.775 bits per heavy atom. The zero-order valence-corrected chi connectivity index (χ0v) is 52.5. The van der Waals surface area contributed by atoms with Gasteiger partial charge in [-0.15, -0.1) is 0 Å². The number of aldehydes is 1. The Morgan fingerprint density at radius 3 is 0.986 bits per heavy atom. The first kappa shape index (κ1) is 104. The second kappa shape index (κ2) is 84.4. The summed E-state index contributed by atoms with van der Waals surface area (Å²) in [4.78, 5) is 48.9. The summed E-state index contributed by atoms with van der Waals surface area (Å²) in [7, 11) is 0. The predicted molar refractivity (Wildman–Crippen MR) is 281 cm³/mol. The molecule has 0 atom stereocenters. The van der Waals surface area contributed by atoms with E-state index in [9.17, 15) is 14.4 Å². The van der Waals surface area contributed by atoms with E-state index in [4.69, 9.17) is 35.3 Å². The molecule has 0 amide bonds. The van der Waals surface area contributed by atoms with Gasteiger partial charge < -0.3 is 89.6 Å². The third-order valence-electron chi connectivity index (χ3n) is 10.9. The fourth-order valence-electron chi connectivity index (χ4n) is 7.85. The SMILES string of the molecule is C1CCCC1.C1CCCC1.C1CCCC1.CC(=O)OOC(C)=O.CC(=O)[O-].NCCOCCO.O=CC1CCCC1.OCCOCCN(CC1CCCC1)CC1CCCC1.[B].[CH3-].[CH3-].[CH3-].[CH3-].[CH3-].[CH3-].[Fe+2].[Fe+2].[Fe+2].[Na+]. The van der Waals surface area contributed by atoms with Crippen LogP contribution in [0.2, 0.25) is 0 Å². The second-order valence-electron chi connectivity index (χ2n) is 16.6. The molecule has 6 fully saturated rings. The van der Waals surface area contributed by atoms with Gasteiger partial charge in [0.2, 0.25) is 0 Å². The van der Waals surface area contributed by atoms with E-state index in [-0.39, 0.29) is 147 Å². The maximum absolute atomic E-state index is 10.0. The third kappa shape index (κ3) is 87.4. The number of carboxylic acids is 1. The summed E-state index contributed by atoms with van der Waals surface area (Å²) in [5.74, 6) is -0.0844. The second-order valence-corrected chi connectivity index (χ2v) is 16.6. The molecule has 0 saturated heterocycles. The van der Waals surface area contributed by atoms with Crippen LogP contribution in [0.3, 0.4) is 0 Å². The molecule has 6 rings (SSSR count). The summed E-state index contributed by atoms with van der Waals surface area (Å²) in [5, 5.41) is 25.8. The summed E-state index contributed by atoms with van der Waals surface area (Å²) in [6.45, 7) is 9.82. The van der Waals surface area contributed by atoms with Crippen LogP contribution in [0, 0.1) is 62.3 Å². The van der Waals surface area contributed by atoms with Crippen LogP contribution in [-0.4, -0.2) is 114 Å². The van der Waals surface area contributed by atoms with Gasteiger partial charge in [0.15, 0.2) is 0 Å². The molecule has 18 heteroatoms. The van der Waals surface area contributed by atoms with Crippen molar-refractivity contribution in [2.45, 2.75) is 194 Å². The molecule has 6 aliphatic rings. The van der Waals surface area contributed by atoms with E-state index >= 15 is 0 Å². The maximum atomic E-state index is 10.0. The van der Waals surface area contributed by atoms with Crippen molar-refractivity contribution >= 4 is 32.6 Å². The van der Waals surface area contributed by atoms with Crippen molar-refractivity contribution in [3.8, 4) is 0 Å². The molecule has 4 N–H and O–H groups in total. The number of ether oxygens (including phenoxy) is 2. The average molecular weight is 1150 g/mol. The zero-order chi connectivity index (χ0) is 44.7. The van der Waals surface area contributed by atoms with Crippen molar-refractivity contribution in [2.75, 3.05) is 65.8 Å². The van der Waals surface area contributed by atoms with Crippen molar-refractivity contribution < 1.29 is 135 Å². The van der Waals surface area contributed by atoms with E-state index < -0.39 is 17.9 Å². The Balaban J connectivity index is -0.0000000512. The molecule has 425 valence electrons. The smallest absolute Gasteiger partial charge is 0.550 e. The third-order valence-corrected chi connectivity index (χ3v) is 10.9. The topological polar surface area (TPSA) is 198 Å². The normalized spacial score (nSPS) is 15.3. The number of nitrogens with zero attached hydrogens (tertiary/aromatic N) is 1. The van der Waals surface area contributed by atoms with Gasteiger partial charge in [0.1, 0.15) is 6.29 Å². The van der Waals surface area contributed by atoms with Gasteiger partial charge in [0.05, 0.1) is 39.6 Å². The number of rotatable bonds is 14. The van der Waals surface area contributed by atoms with Crippen LogP contribution in [-0.2, 0) is 89.6 Å². The molecule has 6 saturated carbocycles. The molecular formula is C53H109BFe3N2NaO11. The first-order chi connectivity index (χ1) is 29.1. The van der Waals surface area contributed by atoms with E-state index in [2.05, 4.69) is 14.7 Å². The number of aliphatic hydroxyl groups excluding tert-OH is 2. The average Bonchev–Trinajstić information content (AvgIpc) is 4.10. The summed E-state index contributed by atoms with van der Waals surface area (Å²) in [6.07, 6.45) is 39.9. The van der Waals surface area contributed by atoms with E-state index in [1.165, 1.54) is 174 Å². The fraction of sp³-hybridized carbons (Fsp3) is 0.811. The van der Waals surface area contributed by atoms with Gasteiger partial charge in [0, 0.05) is 60.3 Å². The summed E-state index contributed by atoms with van der Waals surface area (Å²) >= 11 is 0. The van der Waals surface area contributed by atoms with Crippen LogP contribution >= 0.6 is 0 Å². The van der Waals surface area contributed by atoms with Crippen LogP contribution in [0.4, 0.5) is 0 Å². The Kier molecular flexibility index (Phi) is 123. The number of nitrogens with two attached hydrogens (primary N) is 1. The molecule has 0 heterocycles. The van der Waals surface area contributed by atoms with Gasteiger partial charge in [-0.25, -0.2) is 19.4 Å². The molecule has 13 nitrogen and oxygen atoms in total. The Labute approximate surface area is 496 Å². The summed E-state index contributed by atoms with van der Waals surface area (Å²) in [5.41, 5.74) is 5.06. The Morgan fingerprint density at radius 1 is 0.521 bits per heavy atom. The van der Waals surface area contributed by atoms with Gasteiger partial charge in [0.25, 0.3) is 0 Å². The first-order valence-corrected chi connectivity index (χ1v) is 23.9. The Hall–Kier alpha value is 0.463. The molecule has 0 bridgehead atoms. The molecule has 3 radical (unpaired) electrons. The zero-order valence-electron chi connectivity index (χ0n) is 47.2. The van der Waals surface area contributed by atoms with Crippen LogP contribution in [0.1, 0.15) is 194 Å². The van der Waals surface area contributed by atoms with Crippen LogP contribution in [0.5, 0.6) is 0 Å².